The van der Waals surface area contributed by atoms with E-state index in [1.54, 1.807) is 12.1 Å². The number of imidazole rings is 1. The smallest absolute Gasteiger partial charge is 0.335 e. The molecule has 0 radical (unpaired) electrons. The van der Waals surface area contributed by atoms with Crippen LogP contribution in [0.5, 0.6) is 5.75 Å². The van der Waals surface area contributed by atoms with Crippen LogP contribution < -0.4 is 4.43 Å². The van der Waals surface area contributed by atoms with Crippen LogP contribution in [-0.2, 0) is 10.8 Å². The largest absolute Gasteiger partial charge is 0.546 e. The number of carbonyl (C=O) groups is 1. The Labute approximate surface area is 215 Å². The lowest BCUT2D eigenvalue weighted by atomic mass is 9.47. The second kappa shape index (κ2) is 8.20. The fraction of sp³-hybridized carbons (Fsp3) is 0.533. The predicted octanol–water partition coefficient (Wildman–Crippen LogP) is 7.06. The highest BCUT2D eigenvalue weighted by atomic mass is 28.3. The summed E-state index contributed by atoms with van der Waals surface area (Å²) in [4.78, 5) is 19.9. The topological polar surface area (TPSA) is 75.2 Å². The third-order valence-electron chi connectivity index (χ3n) is 8.87. The van der Waals surface area contributed by atoms with Crippen LogP contribution in [0.1, 0.15) is 80.8 Å². The number of carboxylic acids is 1. The van der Waals surface area contributed by atoms with E-state index in [0.29, 0.717) is 5.52 Å². The van der Waals surface area contributed by atoms with Crippen molar-refractivity contribution in [3.63, 3.8) is 0 Å². The van der Waals surface area contributed by atoms with E-state index in [9.17, 15) is 9.90 Å². The molecule has 4 aliphatic rings. The Hall–Kier alpha value is -2.60. The minimum atomic E-state index is -1.43. The van der Waals surface area contributed by atoms with Crippen molar-refractivity contribution in [1.29, 1.82) is 0 Å². The molecule has 5 nitrogen and oxygen atoms in total. The second-order valence-corrected chi connectivity index (χ2v) is 15.4. The first-order valence-electron chi connectivity index (χ1n) is 13.6. The van der Waals surface area contributed by atoms with Gasteiger partial charge in [0.25, 0.3) is 0 Å². The van der Waals surface area contributed by atoms with Crippen LogP contribution in [0.15, 0.2) is 30.3 Å². The molecule has 190 valence electrons. The number of hydrogen-bond acceptors (Lipinski definition) is 3. The quantitative estimate of drug-likeness (QED) is 0.366. The summed E-state index contributed by atoms with van der Waals surface area (Å²) in [6.07, 6.45) is 8.08. The molecule has 0 atom stereocenters. The summed E-state index contributed by atoms with van der Waals surface area (Å²) in [7, 11) is -1.43. The zero-order valence-corrected chi connectivity index (χ0v) is 23.3. The first-order chi connectivity index (χ1) is 17.0. The average molecular weight is 503 g/mol. The molecule has 0 saturated heterocycles. The third-order valence-corrected chi connectivity index (χ3v) is 9.58. The molecule has 4 fully saturated rings. The van der Waals surface area contributed by atoms with Gasteiger partial charge in [-0.2, -0.15) is 0 Å². The van der Waals surface area contributed by atoms with E-state index in [1.807, 2.05) is 6.07 Å². The highest BCUT2D eigenvalue weighted by Crippen LogP contribution is 2.63. The van der Waals surface area contributed by atoms with Crippen LogP contribution in [-0.4, -0.2) is 30.1 Å². The molecule has 0 spiro atoms. The molecule has 3 aromatic rings. The molecule has 0 amide bonds. The van der Waals surface area contributed by atoms with Crippen LogP contribution in [0.2, 0.25) is 13.1 Å². The van der Waals surface area contributed by atoms with Crippen LogP contribution in [0.25, 0.3) is 22.4 Å². The maximum atomic E-state index is 11.5. The number of aromatic carboxylic acids is 1. The molecular formula is C30H38N2O3Si. The number of nitrogens with zero attached hydrogens (tertiary/aromatic N) is 1. The van der Waals surface area contributed by atoms with Crippen molar-refractivity contribution < 1.29 is 14.3 Å². The standard InChI is InChI=1S/C30H38N2O3Si/c1-29(2,3)22-8-7-21(27-31-23-9-6-20(28(33)34)13-24(23)32-27)26(35-36(4)5)25(22)30-14-17-10-18(15-30)12-19(11-17)16-30/h6-9,13,17-19,36H,10-12,14-16H2,1-5H3,(H,31,32)(H,33,34). The second-order valence-electron chi connectivity index (χ2n) is 13.1. The van der Waals surface area contributed by atoms with Gasteiger partial charge in [0.2, 0.25) is 9.04 Å². The monoisotopic (exact) mass is 502 g/mol. The highest BCUT2D eigenvalue weighted by Gasteiger charge is 2.54. The number of aromatic nitrogens is 2. The molecule has 7 rings (SSSR count). The van der Waals surface area contributed by atoms with Gasteiger partial charge in [0, 0.05) is 11.0 Å². The van der Waals surface area contributed by atoms with E-state index < -0.39 is 15.0 Å². The molecule has 1 aromatic heterocycles. The van der Waals surface area contributed by atoms with Gasteiger partial charge in [0.15, 0.2) is 0 Å². The summed E-state index contributed by atoms with van der Waals surface area (Å²) in [5.41, 5.74) is 5.87. The van der Waals surface area contributed by atoms with Gasteiger partial charge in [0.05, 0.1) is 22.2 Å². The number of fused-ring (bicyclic) bond motifs is 1. The van der Waals surface area contributed by atoms with Gasteiger partial charge in [-0.05, 0) is 105 Å². The number of nitrogens with one attached hydrogen (secondary N) is 1. The number of hydrogen-bond donors (Lipinski definition) is 2. The molecule has 36 heavy (non-hydrogen) atoms. The Morgan fingerprint density at radius 2 is 1.69 bits per heavy atom. The zero-order chi connectivity index (χ0) is 25.4. The molecular weight excluding hydrogens is 464 g/mol. The fourth-order valence-corrected chi connectivity index (χ4v) is 8.68. The normalized spacial score (nSPS) is 27.2. The van der Waals surface area contributed by atoms with Gasteiger partial charge in [-0.1, -0.05) is 26.8 Å². The average Bonchev–Trinajstić information content (AvgIpc) is 3.20. The van der Waals surface area contributed by atoms with Crippen LogP contribution in [0.4, 0.5) is 0 Å². The number of aromatic amines is 1. The van der Waals surface area contributed by atoms with E-state index in [0.717, 1.165) is 40.4 Å². The fourth-order valence-electron chi connectivity index (χ4n) is 7.96. The third kappa shape index (κ3) is 3.89. The van der Waals surface area contributed by atoms with Crippen LogP contribution in [0.3, 0.4) is 0 Å². The first kappa shape index (κ1) is 23.8. The molecule has 4 bridgehead atoms. The summed E-state index contributed by atoms with van der Waals surface area (Å²) in [5.74, 6) is 3.41. The molecule has 4 saturated carbocycles. The lowest BCUT2D eigenvalue weighted by molar-refractivity contribution is -0.00655. The van der Waals surface area contributed by atoms with Gasteiger partial charge in [-0.3, -0.25) is 0 Å². The minimum absolute atomic E-state index is 0.0120. The summed E-state index contributed by atoms with van der Waals surface area (Å²) < 4.78 is 6.90. The Morgan fingerprint density at radius 3 is 2.25 bits per heavy atom. The summed E-state index contributed by atoms with van der Waals surface area (Å²) in [5, 5.41) is 9.45. The summed E-state index contributed by atoms with van der Waals surface area (Å²) in [6.45, 7) is 11.5. The van der Waals surface area contributed by atoms with Crippen molar-refractivity contribution in [2.24, 2.45) is 17.8 Å². The molecule has 4 aliphatic carbocycles. The number of H-pyrrole nitrogens is 1. The van der Waals surface area contributed by atoms with E-state index >= 15 is 0 Å². The zero-order valence-electron chi connectivity index (χ0n) is 22.1. The van der Waals surface area contributed by atoms with Crippen molar-refractivity contribution in [3.05, 3.63) is 47.0 Å². The van der Waals surface area contributed by atoms with Gasteiger partial charge in [-0.25, -0.2) is 9.78 Å². The van der Waals surface area contributed by atoms with E-state index in [4.69, 9.17) is 9.41 Å². The van der Waals surface area contributed by atoms with Crippen LogP contribution >= 0.6 is 0 Å². The van der Waals surface area contributed by atoms with Crippen LogP contribution in [0, 0.1) is 17.8 Å². The lowest BCUT2D eigenvalue weighted by Gasteiger charge is -2.58. The number of carboxylic acid groups (broad SMARTS) is 1. The van der Waals surface area contributed by atoms with Crippen molar-refractivity contribution in [2.75, 3.05) is 0 Å². The van der Waals surface area contributed by atoms with Crippen molar-refractivity contribution in [3.8, 4) is 17.1 Å². The molecule has 6 heteroatoms. The Bertz CT molecular complexity index is 1310. The minimum Gasteiger partial charge on any atom is -0.546 e. The molecule has 0 aliphatic heterocycles. The van der Waals surface area contributed by atoms with E-state index in [-0.39, 0.29) is 16.4 Å². The SMILES string of the molecule is C[SiH](C)Oc1c(-c2nc3cc(C(=O)O)ccc3[nH]2)ccc(C(C)(C)C)c1C12CC3CC(CC(C3)C1)C2. The van der Waals surface area contributed by atoms with Crippen molar-refractivity contribution in [2.45, 2.75) is 83.2 Å². The van der Waals surface area contributed by atoms with Gasteiger partial charge in [0.1, 0.15) is 11.6 Å². The first-order valence-corrected chi connectivity index (χ1v) is 16.4. The Balaban J connectivity index is 1.59. The van der Waals surface area contributed by atoms with Gasteiger partial charge >= 0.3 is 5.97 Å². The van der Waals surface area contributed by atoms with E-state index in [2.05, 4.69) is 51.0 Å². The maximum absolute atomic E-state index is 11.5. The predicted molar refractivity (Wildman–Crippen MR) is 147 cm³/mol. The molecule has 1 heterocycles. The van der Waals surface area contributed by atoms with E-state index in [1.165, 1.54) is 49.7 Å². The summed E-state index contributed by atoms with van der Waals surface area (Å²) in [6, 6.07) is 9.62. The molecule has 0 unspecified atom stereocenters. The number of rotatable bonds is 5. The maximum Gasteiger partial charge on any atom is 0.335 e. The lowest BCUT2D eigenvalue weighted by Crippen LogP contribution is -2.49. The number of benzene rings is 2. The summed E-state index contributed by atoms with van der Waals surface area (Å²) >= 11 is 0. The van der Waals surface area contributed by atoms with Crippen molar-refractivity contribution in [1.82, 2.24) is 9.97 Å². The Morgan fingerprint density at radius 1 is 1.06 bits per heavy atom. The van der Waals surface area contributed by atoms with Gasteiger partial charge in [-0.15, -0.1) is 0 Å². The molecule has 2 N–H and O–H groups in total. The highest BCUT2D eigenvalue weighted by molar-refractivity contribution is 6.49. The Kier molecular flexibility index (Phi) is 5.42. The molecule has 2 aromatic carbocycles. The van der Waals surface area contributed by atoms with Gasteiger partial charge < -0.3 is 14.5 Å². The van der Waals surface area contributed by atoms with Crippen molar-refractivity contribution >= 4 is 26.0 Å².